The number of ether oxygens (including phenoxy) is 1. The van der Waals surface area contributed by atoms with Gasteiger partial charge in [0.25, 0.3) is 0 Å². The molecule has 1 rings (SSSR count). The highest BCUT2D eigenvalue weighted by molar-refractivity contribution is 7.91. The Kier molecular flexibility index (Phi) is 4.03. The van der Waals surface area contributed by atoms with Gasteiger partial charge >= 0.3 is 6.09 Å². The topological polar surface area (TPSA) is 83.9 Å². The van der Waals surface area contributed by atoms with E-state index in [1.807, 2.05) is 0 Å². The quantitative estimate of drug-likeness (QED) is 0.722. The summed E-state index contributed by atoms with van der Waals surface area (Å²) in [5, 5.41) is 9.13. The minimum atomic E-state index is -3.16. The van der Waals surface area contributed by atoms with Gasteiger partial charge in [0.15, 0.2) is 9.84 Å². The number of rotatable bonds is 1. The first kappa shape index (κ1) is 14.2. The fourth-order valence-electron chi connectivity index (χ4n) is 1.60. The van der Waals surface area contributed by atoms with E-state index < -0.39 is 27.6 Å². The van der Waals surface area contributed by atoms with Gasteiger partial charge in [0, 0.05) is 6.54 Å². The molecule has 0 aliphatic carbocycles. The van der Waals surface area contributed by atoms with Gasteiger partial charge in [0.2, 0.25) is 0 Å². The maximum Gasteiger partial charge on any atom is 0.410 e. The summed E-state index contributed by atoms with van der Waals surface area (Å²) in [6.07, 6.45) is -0.577. The Morgan fingerprint density at radius 1 is 1.47 bits per heavy atom. The number of aliphatic hydroxyl groups is 1. The Morgan fingerprint density at radius 2 is 2.06 bits per heavy atom. The minimum Gasteiger partial charge on any atom is -0.444 e. The summed E-state index contributed by atoms with van der Waals surface area (Å²) < 4.78 is 27.9. The zero-order valence-electron chi connectivity index (χ0n) is 10.3. The van der Waals surface area contributed by atoms with Crippen LogP contribution < -0.4 is 0 Å². The predicted molar refractivity (Wildman–Crippen MR) is 62.5 cm³/mol. The molecule has 1 aliphatic rings. The summed E-state index contributed by atoms with van der Waals surface area (Å²) in [6.45, 7) is 4.90. The van der Waals surface area contributed by atoms with Crippen molar-refractivity contribution < 1.29 is 23.1 Å². The van der Waals surface area contributed by atoms with Gasteiger partial charge in [-0.1, -0.05) is 0 Å². The van der Waals surface area contributed by atoms with Gasteiger partial charge < -0.3 is 14.7 Å². The van der Waals surface area contributed by atoms with Gasteiger partial charge in [-0.05, 0) is 20.8 Å². The van der Waals surface area contributed by atoms with E-state index in [2.05, 4.69) is 0 Å². The van der Waals surface area contributed by atoms with Crippen molar-refractivity contribution >= 4 is 15.9 Å². The minimum absolute atomic E-state index is 0.0719. The van der Waals surface area contributed by atoms with E-state index in [9.17, 15) is 13.2 Å². The maximum atomic E-state index is 11.8. The molecule has 0 aromatic heterocycles. The second-order valence-corrected chi connectivity index (χ2v) is 7.35. The molecular formula is C10H19NO5S. The van der Waals surface area contributed by atoms with Gasteiger partial charge in [-0.15, -0.1) is 0 Å². The van der Waals surface area contributed by atoms with Crippen LogP contribution in [0.25, 0.3) is 0 Å². The van der Waals surface area contributed by atoms with E-state index in [1.165, 1.54) is 4.90 Å². The first-order valence-corrected chi connectivity index (χ1v) is 7.28. The van der Waals surface area contributed by atoms with Crippen LogP contribution in [-0.4, -0.2) is 60.8 Å². The monoisotopic (exact) mass is 265 g/mol. The Bertz CT molecular complexity index is 384. The van der Waals surface area contributed by atoms with Crippen molar-refractivity contribution in [2.24, 2.45) is 0 Å². The third-order valence-corrected chi connectivity index (χ3v) is 4.07. The normalized spacial score (nSPS) is 24.5. The molecule has 0 aromatic rings. The second kappa shape index (κ2) is 4.81. The smallest absolute Gasteiger partial charge is 0.410 e. The first-order valence-electron chi connectivity index (χ1n) is 5.45. The molecule has 1 aliphatic heterocycles. The number of amides is 1. The second-order valence-electron chi connectivity index (χ2n) is 5.12. The molecule has 1 atom stereocenters. The van der Waals surface area contributed by atoms with Gasteiger partial charge in [-0.2, -0.15) is 0 Å². The molecule has 1 N–H and O–H groups in total. The summed E-state index contributed by atoms with van der Waals surface area (Å²) in [5.41, 5.74) is -0.632. The van der Waals surface area contributed by atoms with Crippen molar-refractivity contribution in [1.29, 1.82) is 0 Å². The van der Waals surface area contributed by atoms with Gasteiger partial charge in [-0.25, -0.2) is 13.2 Å². The molecule has 1 amide bonds. The Morgan fingerprint density at radius 3 is 2.53 bits per heavy atom. The van der Waals surface area contributed by atoms with Gasteiger partial charge in [0.05, 0.1) is 24.2 Å². The molecule has 0 radical (unpaired) electrons. The molecule has 0 saturated carbocycles. The van der Waals surface area contributed by atoms with E-state index in [1.54, 1.807) is 20.8 Å². The number of hydrogen-bond donors (Lipinski definition) is 1. The van der Waals surface area contributed by atoms with Crippen LogP contribution in [-0.2, 0) is 14.6 Å². The lowest BCUT2D eigenvalue weighted by molar-refractivity contribution is 0.0124. The number of sulfone groups is 1. The van der Waals surface area contributed by atoms with Crippen molar-refractivity contribution in [2.75, 3.05) is 24.7 Å². The fraction of sp³-hybridized carbons (Fsp3) is 0.900. The third-order valence-electron chi connectivity index (χ3n) is 2.37. The van der Waals surface area contributed by atoms with Gasteiger partial charge in [-0.3, -0.25) is 0 Å². The van der Waals surface area contributed by atoms with E-state index >= 15 is 0 Å². The Balaban J connectivity index is 2.74. The van der Waals surface area contributed by atoms with Crippen LogP contribution in [0, 0.1) is 0 Å². The van der Waals surface area contributed by atoms with E-state index in [0.717, 1.165) is 0 Å². The maximum absolute atomic E-state index is 11.8. The van der Waals surface area contributed by atoms with Crippen LogP contribution in [0.5, 0.6) is 0 Å². The van der Waals surface area contributed by atoms with E-state index in [4.69, 9.17) is 9.84 Å². The molecule has 0 spiro atoms. The Hall–Kier alpha value is -0.820. The van der Waals surface area contributed by atoms with Crippen molar-refractivity contribution in [1.82, 2.24) is 4.90 Å². The lowest BCUT2D eigenvalue weighted by Gasteiger charge is -2.35. The predicted octanol–water partition coefficient (Wildman–Crippen LogP) is 0.0128. The first-order chi connectivity index (χ1) is 7.64. The molecule has 17 heavy (non-hydrogen) atoms. The summed E-state index contributed by atoms with van der Waals surface area (Å²) in [4.78, 5) is 13.1. The number of carbonyl (C=O) groups is 1. The summed E-state index contributed by atoms with van der Waals surface area (Å²) in [7, 11) is -3.16. The van der Waals surface area contributed by atoms with Crippen LogP contribution in [0.3, 0.4) is 0 Å². The van der Waals surface area contributed by atoms with Crippen LogP contribution in [0.2, 0.25) is 0 Å². The van der Waals surface area contributed by atoms with Crippen LogP contribution >= 0.6 is 0 Å². The largest absolute Gasteiger partial charge is 0.444 e. The molecule has 1 saturated heterocycles. The average molecular weight is 265 g/mol. The zero-order valence-corrected chi connectivity index (χ0v) is 11.2. The molecule has 1 heterocycles. The molecule has 6 nitrogen and oxygen atoms in total. The average Bonchev–Trinajstić information content (AvgIpc) is 2.13. The molecule has 0 aromatic carbocycles. The molecule has 0 bridgehead atoms. The Labute approximate surface area is 101 Å². The molecule has 1 fully saturated rings. The molecule has 100 valence electrons. The number of aliphatic hydroxyl groups excluding tert-OH is 1. The third kappa shape index (κ3) is 4.16. The summed E-state index contributed by atoms with van der Waals surface area (Å²) in [5.74, 6) is -0.286. The molecule has 7 heteroatoms. The molecular weight excluding hydrogens is 246 g/mol. The van der Waals surface area contributed by atoms with Gasteiger partial charge in [0.1, 0.15) is 5.60 Å². The number of carbonyl (C=O) groups excluding carboxylic acids is 1. The van der Waals surface area contributed by atoms with Crippen LogP contribution in [0.15, 0.2) is 0 Å². The van der Waals surface area contributed by atoms with E-state index in [-0.39, 0.29) is 24.7 Å². The SMILES string of the molecule is CC(C)(C)OC(=O)N1CCS(=O)(=O)CC1CO. The summed E-state index contributed by atoms with van der Waals surface area (Å²) >= 11 is 0. The highest BCUT2D eigenvalue weighted by atomic mass is 32.2. The molecule has 1 unspecified atom stereocenters. The number of nitrogens with zero attached hydrogens (tertiary/aromatic N) is 1. The number of hydrogen-bond acceptors (Lipinski definition) is 5. The highest BCUT2D eigenvalue weighted by Crippen LogP contribution is 2.16. The standard InChI is InChI=1S/C10H19NO5S/c1-10(2,3)16-9(13)11-4-5-17(14,15)7-8(11)6-12/h8,12H,4-7H2,1-3H3. The van der Waals surface area contributed by atoms with Crippen LogP contribution in [0.4, 0.5) is 4.79 Å². The lowest BCUT2D eigenvalue weighted by atomic mass is 10.2. The van der Waals surface area contributed by atoms with E-state index in [0.29, 0.717) is 0 Å². The van der Waals surface area contributed by atoms with Crippen molar-refractivity contribution in [2.45, 2.75) is 32.4 Å². The fourth-order valence-corrected chi connectivity index (χ4v) is 3.11. The van der Waals surface area contributed by atoms with Crippen molar-refractivity contribution in [3.05, 3.63) is 0 Å². The van der Waals surface area contributed by atoms with Crippen molar-refractivity contribution in [3.8, 4) is 0 Å². The zero-order chi connectivity index (χ0) is 13.3. The van der Waals surface area contributed by atoms with Crippen molar-refractivity contribution in [3.63, 3.8) is 0 Å². The summed E-state index contributed by atoms with van der Waals surface area (Å²) in [6, 6.07) is -0.705. The van der Waals surface area contributed by atoms with Crippen LogP contribution in [0.1, 0.15) is 20.8 Å². The highest BCUT2D eigenvalue weighted by Gasteiger charge is 2.35. The lowest BCUT2D eigenvalue weighted by Crippen LogP contribution is -2.54.